The molecule has 0 N–H and O–H groups in total. The van der Waals surface area contributed by atoms with Crippen LogP contribution in [0.4, 0.5) is 8.78 Å². The fraction of sp³-hybridized carbons (Fsp3) is 0.323. The zero-order valence-electron chi connectivity index (χ0n) is 22.9. The molecule has 1 fully saturated rings. The lowest BCUT2D eigenvalue weighted by molar-refractivity contribution is 0.0589. The summed E-state index contributed by atoms with van der Waals surface area (Å²) in [5.41, 5.74) is 2.89. The van der Waals surface area contributed by atoms with E-state index in [1.807, 2.05) is 37.6 Å². The number of hydrogen-bond donors (Lipinski definition) is 0. The maximum atomic E-state index is 14.7. The van der Waals surface area contributed by atoms with Gasteiger partial charge in [-0.2, -0.15) is 0 Å². The molecule has 1 aromatic heterocycles. The summed E-state index contributed by atoms with van der Waals surface area (Å²) in [4.78, 5) is 17.3. The number of benzene rings is 3. The van der Waals surface area contributed by atoms with Crippen LogP contribution in [0.2, 0.25) is 5.02 Å². The van der Waals surface area contributed by atoms with Gasteiger partial charge in [0.15, 0.2) is 0 Å². The molecule has 3 aromatic carbocycles. The quantitative estimate of drug-likeness (QED) is 0.143. The van der Waals surface area contributed by atoms with Crippen molar-refractivity contribution in [2.24, 2.45) is 0 Å². The lowest BCUT2D eigenvalue weighted by Gasteiger charge is -2.38. The number of nitrogens with zero attached hydrogens (tertiary/aromatic N) is 2. The highest BCUT2D eigenvalue weighted by molar-refractivity contribution is 7.98. The maximum absolute atomic E-state index is 14.7. The van der Waals surface area contributed by atoms with Crippen LogP contribution >= 0.6 is 46.5 Å². The molecule has 1 amide bonds. The summed E-state index contributed by atoms with van der Waals surface area (Å²) >= 11 is 15.4. The second kappa shape index (κ2) is 12.9. The Bertz CT molecular complexity index is 1570. The molecule has 0 atom stereocenters. The summed E-state index contributed by atoms with van der Waals surface area (Å²) in [6, 6.07) is 16.4. The predicted octanol–water partition coefficient (Wildman–Crippen LogP) is 9.27. The molecule has 0 radical (unpaired) electrons. The summed E-state index contributed by atoms with van der Waals surface area (Å²) in [5, 5.41) is -0.110. The van der Waals surface area contributed by atoms with E-state index in [2.05, 4.69) is 18.2 Å². The standard InChI is InChI=1S/C31H30Cl2F2N2O2S2/c1-36(33)21-8-10-22(11-9-21)37(31(38)30-28(32)27-24(34)12-13-25(35)29(27)41-30)17-20-15-19(7-14-26(20)39-2)18-5-4-6-23(16-18)40-3/h4-7,12-16,21-22H,8-11,17H2,1-3H3/t21-,22-. The average molecular weight is 636 g/mol. The Balaban J connectivity index is 1.56. The number of methoxy groups -OCH3 is 1. The van der Waals surface area contributed by atoms with Gasteiger partial charge in [-0.1, -0.05) is 29.8 Å². The zero-order chi connectivity index (χ0) is 29.3. The van der Waals surface area contributed by atoms with Gasteiger partial charge in [-0.15, -0.1) is 23.1 Å². The predicted molar refractivity (Wildman–Crippen MR) is 166 cm³/mol. The molecular formula is C31H30Cl2F2N2O2S2. The molecule has 10 heteroatoms. The summed E-state index contributed by atoms with van der Waals surface area (Å²) < 4.78 is 36.8. The summed E-state index contributed by atoms with van der Waals surface area (Å²) in [5.74, 6) is -0.956. The first-order chi connectivity index (χ1) is 19.7. The van der Waals surface area contributed by atoms with Crippen LogP contribution in [0.15, 0.2) is 59.5 Å². The first-order valence-electron chi connectivity index (χ1n) is 13.3. The van der Waals surface area contributed by atoms with Crippen LogP contribution in [0.25, 0.3) is 21.2 Å². The molecule has 1 aliphatic rings. The number of fused-ring (bicyclic) bond motifs is 1. The van der Waals surface area contributed by atoms with Gasteiger partial charge in [0, 0.05) is 36.1 Å². The molecule has 1 aliphatic carbocycles. The van der Waals surface area contributed by atoms with E-state index in [9.17, 15) is 13.6 Å². The molecule has 216 valence electrons. The molecule has 4 aromatic rings. The van der Waals surface area contributed by atoms with Gasteiger partial charge in [0.1, 0.15) is 22.3 Å². The minimum absolute atomic E-state index is 0.0408. The first kappa shape index (κ1) is 30.1. The normalized spacial score (nSPS) is 17.3. The van der Waals surface area contributed by atoms with Crippen molar-refractivity contribution in [3.05, 3.63) is 81.7 Å². The molecule has 4 nitrogen and oxygen atoms in total. The molecule has 0 aliphatic heterocycles. The Hall–Kier alpha value is -2.36. The van der Waals surface area contributed by atoms with Gasteiger partial charge >= 0.3 is 0 Å². The molecule has 41 heavy (non-hydrogen) atoms. The lowest BCUT2D eigenvalue weighted by Crippen LogP contribution is -2.44. The first-order valence-corrected chi connectivity index (χ1v) is 16.0. The highest BCUT2D eigenvalue weighted by Gasteiger charge is 2.34. The highest BCUT2D eigenvalue weighted by atomic mass is 35.5. The van der Waals surface area contributed by atoms with Crippen LogP contribution in [0, 0.1) is 11.6 Å². The van der Waals surface area contributed by atoms with E-state index in [-0.39, 0.29) is 44.5 Å². The van der Waals surface area contributed by atoms with Crippen molar-refractivity contribution in [3.8, 4) is 16.9 Å². The third-order valence-electron chi connectivity index (χ3n) is 7.77. The molecule has 5 rings (SSSR count). The van der Waals surface area contributed by atoms with E-state index in [4.69, 9.17) is 28.1 Å². The van der Waals surface area contributed by atoms with Crippen LogP contribution in [-0.4, -0.2) is 47.7 Å². The minimum atomic E-state index is -0.652. The Morgan fingerprint density at radius 2 is 1.71 bits per heavy atom. The van der Waals surface area contributed by atoms with Gasteiger partial charge in [0.25, 0.3) is 5.91 Å². The van der Waals surface area contributed by atoms with Crippen molar-refractivity contribution in [3.63, 3.8) is 0 Å². The Labute approximate surface area is 257 Å². The molecule has 1 heterocycles. The van der Waals surface area contributed by atoms with Gasteiger partial charge in [-0.3, -0.25) is 4.79 Å². The number of carbonyl (C=O) groups excluding carboxylic acids is 1. The molecule has 1 saturated carbocycles. The van der Waals surface area contributed by atoms with Crippen LogP contribution in [0.1, 0.15) is 40.9 Å². The molecule has 0 unspecified atom stereocenters. The number of amides is 1. The third kappa shape index (κ3) is 6.22. The monoisotopic (exact) mass is 634 g/mol. The zero-order valence-corrected chi connectivity index (χ0v) is 26.1. The van der Waals surface area contributed by atoms with Crippen molar-refractivity contribution < 1.29 is 18.3 Å². The molecule has 0 bridgehead atoms. The maximum Gasteiger partial charge on any atom is 0.266 e. The van der Waals surface area contributed by atoms with E-state index < -0.39 is 11.6 Å². The summed E-state index contributed by atoms with van der Waals surface area (Å²) in [6.07, 6.45) is 5.13. The number of ether oxygens (including phenoxy) is 1. The number of hydrogen-bond acceptors (Lipinski definition) is 5. The molecule has 0 spiro atoms. The van der Waals surface area contributed by atoms with E-state index in [1.165, 1.54) is 0 Å². The van der Waals surface area contributed by atoms with Crippen LogP contribution in [0.5, 0.6) is 5.75 Å². The lowest BCUT2D eigenvalue weighted by atomic mass is 9.89. The summed E-state index contributed by atoms with van der Waals surface area (Å²) in [7, 11) is 3.45. The van der Waals surface area contributed by atoms with Gasteiger partial charge in [-0.05, 0) is 91.2 Å². The van der Waals surface area contributed by atoms with Crippen LogP contribution < -0.4 is 4.74 Å². The van der Waals surface area contributed by atoms with Crippen molar-refractivity contribution in [1.29, 1.82) is 0 Å². The van der Waals surface area contributed by atoms with E-state index in [0.29, 0.717) is 5.75 Å². The number of halogens is 4. The third-order valence-corrected chi connectivity index (χ3v) is 10.4. The SMILES string of the molecule is COc1ccc(-c2cccc(SC)c2)cc1CN(C(=O)c1sc2c(F)ccc(F)c2c1Cl)[C@H]1CC[C@H](N(C)Cl)CC1. The van der Waals surface area contributed by atoms with Crippen LogP contribution in [0.3, 0.4) is 0 Å². The fourth-order valence-electron chi connectivity index (χ4n) is 5.53. The molecule has 0 saturated heterocycles. The van der Waals surface area contributed by atoms with E-state index >= 15 is 0 Å². The van der Waals surface area contributed by atoms with E-state index in [1.54, 1.807) is 28.2 Å². The van der Waals surface area contributed by atoms with Crippen molar-refractivity contribution in [2.75, 3.05) is 20.4 Å². The van der Waals surface area contributed by atoms with E-state index in [0.717, 1.165) is 70.7 Å². The Kier molecular flexibility index (Phi) is 9.46. The largest absolute Gasteiger partial charge is 0.496 e. The van der Waals surface area contributed by atoms with Crippen molar-refractivity contribution in [2.45, 2.75) is 49.2 Å². The second-order valence-corrected chi connectivity index (χ2v) is 13.0. The Morgan fingerprint density at radius 3 is 2.37 bits per heavy atom. The van der Waals surface area contributed by atoms with Gasteiger partial charge in [0.2, 0.25) is 0 Å². The second-order valence-electron chi connectivity index (χ2n) is 10.2. The number of thiophene rings is 1. The highest BCUT2D eigenvalue weighted by Crippen LogP contribution is 2.41. The van der Waals surface area contributed by atoms with Crippen LogP contribution in [-0.2, 0) is 6.54 Å². The minimum Gasteiger partial charge on any atom is -0.496 e. The van der Waals surface area contributed by atoms with Crippen molar-refractivity contribution in [1.82, 2.24) is 9.32 Å². The molecular weight excluding hydrogens is 605 g/mol. The van der Waals surface area contributed by atoms with Gasteiger partial charge < -0.3 is 9.64 Å². The summed E-state index contributed by atoms with van der Waals surface area (Å²) in [6.45, 7) is 0.250. The number of thioether (sulfide) groups is 1. The fourth-order valence-corrected chi connectivity index (χ4v) is 7.69. The van der Waals surface area contributed by atoms with Gasteiger partial charge in [0.05, 0.1) is 22.2 Å². The van der Waals surface area contributed by atoms with Crippen molar-refractivity contribution >= 4 is 62.5 Å². The number of rotatable bonds is 8. The number of carbonyl (C=O) groups is 1. The smallest absolute Gasteiger partial charge is 0.266 e. The average Bonchev–Trinajstić information content (AvgIpc) is 3.35. The Morgan fingerprint density at radius 1 is 1.02 bits per heavy atom. The topological polar surface area (TPSA) is 32.8 Å². The van der Waals surface area contributed by atoms with Gasteiger partial charge in [-0.25, -0.2) is 13.2 Å².